The lowest BCUT2D eigenvalue weighted by Gasteiger charge is -2.19. The van der Waals surface area contributed by atoms with Crippen molar-refractivity contribution in [2.24, 2.45) is 0 Å². The fourth-order valence-corrected chi connectivity index (χ4v) is 4.53. The van der Waals surface area contributed by atoms with Crippen LogP contribution >= 0.6 is 0 Å². The summed E-state index contributed by atoms with van der Waals surface area (Å²) in [5.41, 5.74) is 4.99. The number of hydrogen-bond donors (Lipinski definition) is 2. The Morgan fingerprint density at radius 1 is 0.812 bits per heavy atom. The molecule has 2 N–H and O–H groups in total. The second-order valence-electron chi connectivity index (χ2n) is 7.81. The van der Waals surface area contributed by atoms with Crippen molar-refractivity contribution in [1.29, 1.82) is 0 Å². The van der Waals surface area contributed by atoms with Crippen LogP contribution in [0.1, 0.15) is 28.7 Å². The van der Waals surface area contributed by atoms with E-state index in [0.29, 0.717) is 5.56 Å². The molecular formula is C27H21NO4. The van der Waals surface area contributed by atoms with Gasteiger partial charge in [-0.3, -0.25) is 0 Å². The third-order valence-electron chi connectivity index (χ3n) is 5.99. The Labute approximate surface area is 185 Å². The minimum Gasteiger partial charge on any atom is -0.479 e. The zero-order chi connectivity index (χ0) is 22.1. The summed E-state index contributed by atoms with van der Waals surface area (Å²) in [5.74, 6) is -1.23. The number of fused-ring (bicyclic) bond motifs is 4. The number of nitrogens with one attached hydrogen (secondary N) is 1. The van der Waals surface area contributed by atoms with Gasteiger partial charge in [0, 0.05) is 5.92 Å². The van der Waals surface area contributed by atoms with Gasteiger partial charge in [0.25, 0.3) is 0 Å². The van der Waals surface area contributed by atoms with Crippen LogP contribution < -0.4 is 5.32 Å². The Morgan fingerprint density at radius 2 is 1.41 bits per heavy atom. The van der Waals surface area contributed by atoms with E-state index in [4.69, 9.17) is 4.74 Å². The van der Waals surface area contributed by atoms with Crippen molar-refractivity contribution in [2.75, 3.05) is 6.61 Å². The van der Waals surface area contributed by atoms with Crippen LogP contribution in [-0.4, -0.2) is 23.8 Å². The van der Waals surface area contributed by atoms with Gasteiger partial charge in [-0.25, -0.2) is 9.59 Å². The second kappa shape index (κ2) is 8.19. The molecule has 0 heterocycles. The molecular weight excluding hydrogens is 402 g/mol. The number of aliphatic carboxylic acids is 1. The highest BCUT2D eigenvalue weighted by molar-refractivity contribution is 5.92. The van der Waals surface area contributed by atoms with Crippen LogP contribution in [0.2, 0.25) is 0 Å². The molecule has 0 aromatic heterocycles. The van der Waals surface area contributed by atoms with Gasteiger partial charge in [-0.2, -0.15) is 0 Å². The predicted octanol–water partition coefficient (Wildman–Crippen LogP) is 5.50. The molecule has 1 aliphatic rings. The predicted molar refractivity (Wildman–Crippen MR) is 123 cm³/mol. The van der Waals surface area contributed by atoms with E-state index in [-0.39, 0.29) is 12.5 Å². The standard InChI is InChI=1S/C27H21NO4/c29-26(30)25(23-15-7-9-17-8-1-2-10-18(17)23)28-27(31)32-16-24-21-13-5-3-11-19(21)20-12-4-6-14-22(20)24/h1-15,24-25H,16H2,(H,28,31)(H,29,30). The van der Waals surface area contributed by atoms with Gasteiger partial charge in [0.2, 0.25) is 0 Å². The van der Waals surface area contributed by atoms with E-state index < -0.39 is 18.1 Å². The zero-order valence-corrected chi connectivity index (χ0v) is 17.2. The summed E-state index contributed by atoms with van der Waals surface area (Å²) in [4.78, 5) is 24.6. The third kappa shape index (κ3) is 3.48. The number of alkyl carbamates (subject to hydrolysis) is 1. The van der Waals surface area contributed by atoms with Crippen molar-refractivity contribution in [3.8, 4) is 11.1 Å². The first kappa shape index (κ1) is 19.8. The maximum absolute atomic E-state index is 12.7. The van der Waals surface area contributed by atoms with Crippen LogP contribution in [0.4, 0.5) is 4.79 Å². The number of rotatable bonds is 5. The number of carboxylic acids is 1. The average molecular weight is 423 g/mol. The Balaban J connectivity index is 1.36. The van der Waals surface area contributed by atoms with Crippen LogP contribution in [0.15, 0.2) is 91.0 Å². The van der Waals surface area contributed by atoms with Crippen molar-refractivity contribution < 1.29 is 19.4 Å². The van der Waals surface area contributed by atoms with Gasteiger partial charge in [0.15, 0.2) is 6.04 Å². The van der Waals surface area contributed by atoms with E-state index in [1.54, 1.807) is 12.1 Å². The number of amides is 1. The number of carbonyl (C=O) groups is 2. The molecule has 32 heavy (non-hydrogen) atoms. The maximum atomic E-state index is 12.7. The van der Waals surface area contributed by atoms with E-state index in [1.807, 2.05) is 66.7 Å². The monoisotopic (exact) mass is 423 g/mol. The second-order valence-corrected chi connectivity index (χ2v) is 7.81. The molecule has 0 spiro atoms. The highest BCUT2D eigenvalue weighted by Gasteiger charge is 2.30. The Kier molecular flexibility index (Phi) is 5.07. The number of ether oxygens (including phenoxy) is 1. The molecule has 4 aromatic rings. The van der Waals surface area contributed by atoms with Crippen molar-refractivity contribution in [2.45, 2.75) is 12.0 Å². The van der Waals surface area contributed by atoms with Crippen LogP contribution in [0.5, 0.6) is 0 Å². The molecule has 0 radical (unpaired) electrons. The van der Waals surface area contributed by atoms with Crippen molar-refractivity contribution in [3.05, 3.63) is 108 Å². The molecule has 1 amide bonds. The molecule has 1 atom stereocenters. The average Bonchev–Trinajstić information content (AvgIpc) is 3.14. The number of carboxylic acid groups (broad SMARTS) is 1. The molecule has 0 saturated heterocycles. The largest absolute Gasteiger partial charge is 0.479 e. The van der Waals surface area contributed by atoms with Crippen LogP contribution in [0.3, 0.4) is 0 Å². The van der Waals surface area contributed by atoms with Crippen LogP contribution in [0, 0.1) is 0 Å². The van der Waals surface area contributed by atoms with Gasteiger partial charge in [-0.15, -0.1) is 0 Å². The van der Waals surface area contributed by atoms with Gasteiger partial charge in [0.05, 0.1) is 0 Å². The first-order chi connectivity index (χ1) is 15.6. The summed E-state index contributed by atoms with van der Waals surface area (Å²) >= 11 is 0. The van der Waals surface area contributed by atoms with Crippen LogP contribution in [0.25, 0.3) is 21.9 Å². The SMILES string of the molecule is O=C(NC(C(=O)O)c1cccc2ccccc12)OCC1c2ccccc2-c2ccccc21. The minimum atomic E-state index is -1.21. The molecule has 0 saturated carbocycles. The van der Waals surface area contributed by atoms with E-state index in [9.17, 15) is 14.7 Å². The third-order valence-corrected chi connectivity index (χ3v) is 5.99. The summed E-state index contributed by atoms with van der Waals surface area (Å²) in [5, 5.41) is 14.0. The molecule has 1 aliphatic carbocycles. The maximum Gasteiger partial charge on any atom is 0.408 e. The summed E-state index contributed by atoms with van der Waals surface area (Å²) in [6, 6.07) is 27.8. The van der Waals surface area contributed by atoms with Gasteiger partial charge in [0.1, 0.15) is 6.61 Å². The first-order valence-corrected chi connectivity index (χ1v) is 10.5. The van der Waals surface area contributed by atoms with Gasteiger partial charge < -0.3 is 15.2 Å². The lowest BCUT2D eigenvalue weighted by molar-refractivity contribution is -0.139. The summed E-state index contributed by atoms with van der Waals surface area (Å²) in [6.07, 6.45) is -0.757. The lowest BCUT2D eigenvalue weighted by Crippen LogP contribution is -2.35. The highest BCUT2D eigenvalue weighted by atomic mass is 16.5. The van der Waals surface area contributed by atoms with E-state index in [2.05, 4.69) is 17.4 Å². The summed E-state index contributed by atoms with van der Waals surface area (Å²) in [6.45, 7) is 0.127. The molecule has 5 heteroatoms. The van der Waals surface area contributed by atoms with Crippen molar-refractivity contribution in [1.82, 2.24) is 5.32 Å². The molecule has 0 fully saturated rings. The zero-order valence-electron chi connectivity index (χ0n) is 17.2. The molecule has 0 aliphatic heterocycles. The van der Waals surface area contributed by atoms with E-state index >= 15 is 0 Å². The Bertz CT molecular complexity index is 1280. The van der Waals surface area contributed by atoms with Gasteiger partial charge in [-0.05, 0) is 38.6 Å². The fourth-order valence-electron chi connectivity index (χ4n) is 4.53. The van der Waals surface area contributed by atoms with Crippen LogP contribution in [-0.2, 0) is 9.53 Å². The quantitative estimate of drug-likeness (QED) is 0.444. The minimum absolute atomic E-state index is 0.0889. The van der Waals surface area contributed by atoms with Crippen molar-refractivity contribution >= 4 is 22.8 Å². The number of benzene rings is 4. The smallest absolute Gasteiger partial charge is 0.408 e. The fraction of sp³-hybridized carbons (Fsp3) is 0.111. The first-order valence-electron chi connectivity index (χ1n) is 10.5. The molecule has 4 aromatic carbocycles. The Morgan fingerprint density at radius 3 is 2.09 bits per heavy atom. The molecule has 5 rings (SSSR count). The van der Waals surface area contributed by atoms with Gasteiger partial charge in [-0.1, -0.05) is 91.0 Å². The molecule has 1 unspecified atom stereocenters. The Hall–Kier alpha value is -4.12. The topological polar surface area (TPSA) is 75.6 Å². The van der Waals surface area contributed by atoms with Crippen molar-refractivity contribution in [3.63, 3.8) is 0 Å². The summed E-state index contributed by atoms with van der Waals surface area (Å²) in [7, 11) is 0. The number of carbonyl (C=O) groups excluding carboxylic acids is 1. The highest BCUT2D eigenvalue weighted by Crippen LogP contribution is 2.44. The number of hydrogen-bond acceptors (Lipinski definition) is 3. The van der Waals surface area contributed by atoms with E-state index in [1.165, 1.54) is 0 Å². The summed E-state index contributed by atoms with van der Waals surface area (Å²) < 4.78 is 5.54. The molecule has 158 valence electrons. The lowest BCUT2D eigenvalue weighted by atomic mass is 9.98. The molecule has 0 bridgehead atoms. The van der Waals surface area contributed by atoms with E-state index in [0.717, 1.165) is 33.0 Å². The molecule has 5 nitrogen and oxygen atoms in total. The van der Waals surface area contributed by atoms with Gasteiger partial charge >= 0.3 is 12.1 Å². The normalized spacial score (nSPS) is 13.2.